The molecule has 0 aliphatic carbocycles. The van der Waals surface area contributed by atoms with Gasteiger partial charge < -0.3 is 9.80 Å². The molecule has 2 amide bonds. The van der Waals surface area contributed by atoms with Crippen LogP contribution in [-0.2, 0) is 6.42 Å². The van der Waals surface area contributed by atoms with Crippen LogP contribution in [0.25, 0.3) is 0 Å². The number of rotatable bonds is 1. The highest BCUT2D eigenvalue weighted by atomic mass is 19.3. The first-order valence-corrected chi connectivity index (χ1v) is 9.79. The Bertz CT molecular complexity index is 887. The third kappa shape index (κ3) is 4.10. The number of nitrogens with zero attached hydrogens (tertiary/aromatic N) is 3. The maximum atomic E-state index is 14.3. The summed E-state index contributed by atoms with van der Waals surface area (Å²) in [7, 11) is 1.64. The van der Waals surface area contributed by atoms with E-state index in [-0.39, 0.29) is 18.9 Å². The van der Waals surface area contributed by atoms with Crippen molar-refractivity contribution in [3.8, 4) is 0 Å². The average Bonchev–Trinajstić information content (AvgIpc) is 2.84. The van der Waals surface area contributed by atoms with Crippen LogP contribution in [0.4, 0.5) is 18.0 Å². The van der Waals surface area contributed by atoms with Crippen molar-refractivity contribution in [2.75, 3.05) is 39.8 Å². The van der Waals surface area contributed by atoms with Gasteiger partial charge in [0.05, 0.1) is 19.1 Å². The lowest BCUT2D eigenvalue weighted by atomic mass is 9.88. The molecule has 1 unspecified atom stereocenters. The molecule has 1 atom stereocenters. The molecule has 1 saturated heterocycles. The molecule has 154 valence electrons. The molecular formula is C22H24F3N3O. The summed E-state index contributed by atoms with van der Waals surface area (Å²) < 4.78 is 42.1. The number of urea groups is 1. The third-order valence-electron chi connectivity index (χ3n) is 5.66. The summed E-state index contributed by atoms with van der Waals surface area (Å²) in [6, 6.07) is 13.0. The van der Waals surface area contributed by atoms with Gasteiger partial charge in [-0.15, -0.1) is 0 Å². The molecule has 2 aliphatic rings. The van der Waals surface area contributed by atoms with Crippen molar-refractivity contribution in [3.63, 3.8) is 0 Å². The Balaban J connectivity index is 1.69. The lowest BCUT2D eigenvalue weighted by Gasteiger charge is -2.40. The van der Waals surface area contributed by atoms with Crippen LogP contribution >= 0.6 is 0 Å². The van der Waals surface area contributed by atoms with E-state index in [2.05, 4.69) is 0 Å². The van der Waals surface area contributed by atoms with E-state index < -0.39 is 24.5 Å². The van der Waals surface area contributed by atoms with Crippen molar-refractivity contribution in [1.29, 1.82) is 0 Å². The second-order valence-corrected chi connectivity index (χ2v) is 7.89. The molecule has 29 heavy (non-hydrogen) atoms. The number of halogens is 3. The van der Waals surface area contributed by atoms with Gasteiger partial charge in [0, 0.05) is 19.6 Å². The minimum absolute atomic E-state index is 0.249. The molecule has 0 spiro atoms. The molecular weight excluding hydrogens is 379 g/mol. The summed E-state index contributed by atoms with van der Waals surface area (Å²) in [6.45, 7) is 0.118. The van der Waals surface area contributed by atoms with Crippen molar-refractivity contribution < 1.29 is 18.0 Å². The first kappa shape index (κ1) is 19.8. The van der Waals surface area contributed by atoms with E-state index in [0.29, 0.717) is 19.5 Å². The van der Waals surface area contributed by atoms with E-state index in [9.17, 15) is 18.0 Å². The number of carbonyl (C=O) groups is 1. The molecule has 0 radical (unpaired) electrons. The maximum absolute atomic E-state index is 14.3. The fourth-order valence-corrected chi connectivity index (χ4v) is 4.30. The SMILES string of the molecule is CN1CCN(C(=O)N2CCc3ccccc3C2c2ccc(F)cc2)CC(F)(F)C1. The molecule has 0 bridgehead atoms. The van der Waals surface area contributed by atoms with Crippen molar-refractivity contribution in [2.45, 2.75) is 18.4 Å². The number of hydrogen-bond acceptors (Lipinski definition) is 2. The van der Waals surface area contributed by atoms with E-state index >= 15 is 0 Å². The van der Waals surface area contributed by atoms with E-state index in [1.807, 2.05) is 24.3 Å². The maximum Gasteiger partial charge on any atom is 0.321 e. The molecule has 4 rings (SSSR count). The smallest absolute Gasteiger partial charge is 0.317 e. The van der Waals surface area contributed by atoms with Gasteiger partial charge >= 0.3 is 6.03 Å². The Hall–Kier alpha value is -2.54. The lowest BCUT2D eigenvalue weighted by molar-refractivity contribution is -0.0307. The molecule has 2 aliphatic heterocycles. The van der Waals surface area contributed by atoms with Crippen LogP contribution in [0.5, 0.6) is 0 Å². The molecule has 0 saturated carbocycles. The van der Waals surface area contributed by atoms with Crippen molar-refractivity contribution >= 4 is 6.03 Å². The van der Waals surface area contributed by atoms with Crippen LogP contribution in [0, 0.1) is 5.82 Å². The number of hydrogen-bond donors (Lipinski definition) is 0. The topological polar surface area (TPSA) is 26.8 Å². The van der Waals surface area contributed by atoms with E-state index in [1.165, 1.54) is 17.0 Å². The van der Waals surface area contributed by atoms with Crippen molar-refractivity contribution in [3.05, 3.63) is 71.0 Å². The van der Waals surface area contributed by atoms with Gasteiger partial charge in [-0.1, -0.05) is 36.4 Å². The molecule has 2 aromatic rings. The van der Waals surface area contributed by atoms with Gasteiger partial charge in [0.15, 0.2) is 0 Å². The second kappa shape index (κ2) is 7.71. The summed E-state index contributed by atoms with van der Waals surface area (Å²) >= 11 is 0. The lowest BCUT2D eigenvalue weighted by Crippen LogP contribution is -2.51. The molecule has 7 heteroatoms. The molecule has 0 N–H and O–H groups in total. The van der Waals surface area contributed by atoms with Gasteiger partial charge in [-0.3, -0.25) is 4.90 Å². The first-order chi connectivity index (χ1) is 13.8. The van der Waals surface area contributed by atoms with Gasteiger partial charge in [-0.25, -0.2) is 18.0 Å². The third-order valence-corrected chi connectivity index (χ3v) is 5.66. The summed E-state index contributed by atoms with van der Waals surface area (Å²) in [5.41, 5.74) is 2.84. The number of alkyl halides is 2. The van der Waals surface area contributed by atoms with Gasteiger partial charge in [-0.05, 0) is 42.3 Å². The molecule has 2 aromatic carbocycles. The Kier molecular flexibility index (Phi) is 5.25. The zero-order valence-electron chi connectivity index (χ0n) is 16.3. The predicted molar refractivity (Wildman–Crippen MR) is 105 cm³/mol. The van der Waals surface area contributed by atoms with Crippen LogP contribution in [-0.4, -0.2) is 66.4 Å². The molecule has 0 aromatic heterocycles. The number of fused-ring (bicyclic) bond motifs is 1. The molecule has 1 fully saturated rings. The van der Waals surface area contributed by atoms with Crippen LogP contribution in [0.3, 0.4) is 0 Å². The van der Waals surface area contributed by atoms with Gasteiger partial charge in [0.25, 0.3) is 5.92 Å². The van der Waals surface area contributed by atoms with Crippen molar-refractivity contribution in [1.82, 2.24) is 14.7 Å². The first-order valence-electron chi connectivity index (χ1n) is 9.79. The summed E-state index contributed by atoms with van der Waals surface area (Å²) in [4.78, 5) is 17.8. The number of benzene rings is 2. The summed E-state index contributed by atoms with van der Waals surface area (Å²) in [6.07, 6.45) is 0.656. The van der Waals surface area contributed by atoms with Crippen molar-refractivity contribution in [2.24, 2.45) is 0 Å². The predicted octanol–water partition coefficient (Wildman–Crippen LogP) is 3.78. The number of carbonyl (C=O) groups excluding carboxylic acids is 1. The Morgan fingerprint density at radius 2 is 1.72 bits per heavy atom. The zero-order chi connectivity index (χ0) is 20.6. The summed E-state index contributed by atoms with van der Waals surface area (Å²) in [5, 5.41) is 0. The Morgan fingerprint density at radius 1 is 1.00 bits per heavy atom. The summed E-state index contributed by atoms with van der Waals surface area (Å²) in [5.74, 6) is -3.31. The number of likely N-dealkylation sites (N-methyl/N-ethyl adjacent to an activating group) is 1. The highest BCUT2D eigenvalue weighted by Gasteiger charge is 2.41. The zero-order valence-corrected chi connectivity index (χ0v) is 16.3. The fourth-order valence-electron chi connectivity index (χ4n) is 4.30. The Labute approximate surface area is 168 Å². The van der Waals surface area contributed by atoms with Gasteiger partial charge in [-0.2, -0.15) is 0 Å². The molecule has 4 nitrogen and oxygen atoms in total. The minimum atomic E-state index is -2.96. The largest absolute Gasteiger partial charge is 0.321 e. The fraction of sp³-hybridized carbons (Fsp3) is 0.409. The van der Waals surface area contributed by atoms with E-state index in [0.717, 1.165) is 16.7 Å². The quantitative estimate of drug-likeness (QED) is 0.725. The van der Waals surface area contributed by atoms with Gasteiger partial charge in [0.2, 0.25) is 0 Å². The van der Waals surface area contributed by atoms with Crippen LogP contribution in [0.15, 0.2) is 48.5 Å². The Morgan fingerprint density at radius 3 is 2.48 bits per heavy atom. The van der Waals surface area contributed by atoms with Crippen LogP contribution < -0.4 is 0 Å². The van der Waals surface area contributed by atoms with Crippen LogP contribution in [0.1, 0.15) is 22.7 Å². The van der Waals surface area contributed by atoms with Crippen LogP contribution in [0.2, 0.25) is 0 Å². The van der Waals surface area contributed by atoms with Gasteiger partial charge in [0.1, 0.15) is 5.82 Å². The average molecular weight is 403 g/mol. The monoisotopic (exact) mass is 403 g/mol. The highest BCUT2D eigenvalue weighted by molar-refractivity contribution is 5.76. The van der Waals surface area contributed by atoms with E-state index in [4.69, 9.17) is 0 Å². The number of amides is 2. The highest BCUT2D eigenvalue weighted by Crippen LogP contribution is 2.36. The normalized spacial score (nSPS) is 22.1. The molecule has 2 heterocycles. The van der Waals surface area contributed by atoms with E-state index in [1.54, 1.807) is 29.0 Å². The minimum Gasteiger partial charge on any atom is -0.317 e. The second-order valence-electron chi connectivity index (χ2n) is 7.89. The standard InChI is InChI=1S/C22H24F3N3O/c1-26-12-13-27(15-22(24,25)14-26)21(29)28-11-10-16-4-2-3-5-19(16)20(28)17-6-8-18(23)9-7-17/h2-9,20H,10-15H2,1H3.